The van der Waals surface area contributed by atoms with Crippen LogP contribution in [0, 0.1) is 0 Å². The SMILES string of the molecule is Nc1nn(C2CCNCC2)c2c1COCC2. The van der Waals surface area contributed by atoms with Crippen LogP contribution in [0.25, 0.3) is 0 Å². The minimum atomic E-state index is 0.519. The van der Waals surface area contributed by atoms with E-state index in [2.05, 4.69) is 15.1 Å². The van der Waals surface area contributed by atoms with E-state index in [9.17, 15) is 0 Å². The topological polar surface area (TPSA) is 65.1 Å². The maximum atomic E-state index is 5.94. The van der Waals surface area contributed by atoms with Crippen molar-refractivity contribution in [1.29, 1.82) is 0 Å². The molecule has 16 heavy (non-hydrogen) atoms. The number of piperidine rings is 1. The highest BCUT2D eigenvalue weighted by Crippen LogP contribution is 2.28. The fourth-order valence-electron chi connectivity index (χ4n) is 2.64. The van der Waals surface area contributed by atoms with Gasteiger partial charge in [-0.3, -0.25) is 4.68 Å². The van der Waals surface area contributed by atoms with Gasteiger partial charge in [0.1, 0.15) is 0 Å². The summed E-state index contributed by atoms with van der Waals surface area (Å²) >= 11 is 0. The number of nitrogens with one attached hydrogen (secondary N) is 1. The van der Waals surface area contributed by atoms with E-state index in [1.807, 2.05) is 0 Å². The van der Waals surface area contributed by atoms with Gasteiger partial charge in [0.15, 0.2) is 5.82 Å². The molecule has 0 radical (unpaired) electrons. The summed E-state index contributed by atoms with van der Waals surface area (Å²) < 4.78 is 7.59. The molecule has 0 bridgehead atoms. The molecule has 1 aromatic rings. The van der Waals surface area contributed by atoms with E-state index in [-0.39, 0.29) is 0 Å². The molecule has 2 aliphatic rings. The van der Waals surface area contributed by atoms with Crippen LogP contribution in [0.3, 0.4) is 0 Å². The van der Waals surface area contributed by atoms with Crippen molar-refractivity contribution >= 4 is 5.82 Å². The third-order valence-electron chi connectivity index (χ3n) is 3.53. The first kappa shape index (κ1) is 10.1. The molecule has 2 aliphatic heterocycles. The smallest absolute Gasteiger partial charge is 0.151 e. The van der Waals surface area contributed by atoms with Crippen molar-refractivity contribution in [3.63, 3.8) is 0 Å². The number of rotatable bonds is 1. The van der Waals surface area contributed by atoms with E-state index in [0.29, 0.717) is 18.5 Å². The molecule has 3 rings (SSSR count). The molecular weight excluding hydrogens is 204 g/mol. The quantitative estimate of drug-likeness (QED) is 0.724. The standard InChI is InChI=1S/C11H18N4O/c12-11-9-7-16-6-3-10(9)15(14-11)8-1-4-13-5-2-8/h8,13H,1-7H2,(H2,12,14). The number of aromatic nitrogens is 2. The molecule has 0 amide bonds. The van der Waals surface area contributed by atoms with E-state index in [1.165, 1.54) is 5.69 Å². The summed E-state index contributed by atoms with van der Waals surface area (Å²) in [6.07, 6.45) is 3.24. The molecule has 88 valence electrons. The average molecular weight is 222 g/mol. The summed E-state index contributed by atoms with van der Waals surface area (Å²) in [6, 6.07) is 0.519. The molecule has 5 nitrogen and oxygen atoms in total. The maximum absolute atomic E-state index is 5.94. The van der Waals surface area contributed by atoms with Crippen LogP contribution in [0.2, 0.25) is 0 Å². The van der Waals surface area contributed by atoms with Gasteiger partial charge < -0.3 is 15.8 Å². The first-order valence-corrected chi connectivity index (χ1v) is 6.00. The maximum Gasteiger partial charge on any atom is 0.151 e. The van der Waals surface area contributed by atoms with Crippen molar-refractivity contribution in [2.24, 2.45) is 0 Å². The van der Waals surface area contributed by atoms with Crippen molar-refractivity contribution in [2.45, 2.75) is 31.9 Å². The number of nitrogen functional groups attached to an aromatic ring is 1. The number of nitrogens with zero attached hydrogens (tertiary/aromatic N) is 2. The molecule has 0 atom stereocenters. The van der Waals surface area contributed by atoms with Crippen LogP contribution in [0.15, 0.2) is 0 Å². The van der Waals surface area contributed by atoms with E-state index in [0.717, 1.165) is 44.5 Å². The average Bonchev–Trinajstić information content (AvgIpc) is 2.69. The molecule has 1 saturated heterocycles. The minimum absolute atomic E-state index is 0.519. The molecule has 0 aliphatic carbocycles. The van der Waals surface area contributed by atoms with Crippen molar-refractivity contribution in [3.8, 4) is 0 Å². The number of hydrogen-bond acceptors (Lipinski definition) is 4. The van der Waals surface area contributed by atoms with Crippen molar-refractivity contribution in [3.05, 3.63) is 11.3 Å². The monoisotopic (exact) mass is 222 g/mol. The summed E-state index contributed by atoms with van der Waals surface area (Å²) in [5, 5.41) is 7.88. The van der Waals surface area contributed by atoms with Gasteiger partial charge in [0.2, 0.25) is 0 Å². The van der Waals surface area contributed by atoms with Gasteiger partial charge in [-0.1, -0.05) is 0 Å². The van der Waals surface area contributed by atoms with E-state index in [1.54, 1.807) is 0 Å². The molecular formula is C11H18N4O. The van der Waals surface area contributed by atoms with E-state index < -0.39 is 0 Å². The molecule has 3 heterocycles. The Morgan fingerprint density at radius 2 is 2.19 bits per heavy atom. The van der Waals surface area contributed by atoms with Crippen LogP contribution in [0.1, 0.15) is 30.1 Å². The van der Waals surface area contributed by atoms with Crippen molar-refractivity contribution in [2.75, 3.05) is 25.4 Å². The minimum Gasteiger partial charge on any atom is -0.382 e. The lowest BCUT2D eigenvalue weighted by Gasteiger charge is -2.25. The Kier molecular flexibility index (Phi) is 2.57. The highest BCUT2D eigenvalue weighted by atomic mass is 16.5. The fraction of sp³-hybridized carbons (Fsp3) is 0.727. The fourth-order valence-corrected chi connectivity index (χ4v) is 2.64. The highest BCUT2D eigenvalue weighted by molar-refractivity contribution is 5.43. The number of anilines is 1. The van der Waals surface area contributed by atoms with Gasteiger partial charge >= 0.3 is 0 Å². The lowest BCUT2D eigenvalue weighted by Crippen LogP contribution is -2.31. The van der Waals surface area contributed by atoms with Crippen LogP contribution in [0.4, 0.5) is 5.82 Å². The van der Waals surface area contributed by atoms with Gasteiger partial charge in [-0.05, 0) is 25.9 Å². The molecule has 0 aromatic carbocycles. The zero-order valence-electron chi connectivity index (χ0n) is 9.41. The van der Waals surface area contributed by atoms with Gasteiger partial charge in [0.25, 0.3) is 0 Å². The normalized spacial score (nSPS) is 22.0. The first-order chi connectivity index (χ1) is 7.86. The Bertz CT molecular complexity index is 382. The Morgan fingerprint density at radius 1 is 1.38 bits per heavy atom. The highest BCUT2D eigenvalue weighted by Gasteiger charge is 2.25. The van der Waals surface area contributed by atoms with Gasteiger partial charge in [0, 0.05) is 17.7 Å². The van der Waals surface area contributed by atoms with Crippen LogP contribution >= 0.6 is 0 Å². The summed E-state index contributed by atoms with van der Waals surface area (Å²) in [5.74, 6) is 0.660. The molecule has 3 N–H and O–H groups in total. The third kappa shape index (κ3) is 1.60. The molecule has 1 aromatic heterocycles. The van der Waals surface area contributed by atoms with Gasteiger partial charge in [0.05, 0.1) is 19.3 Å². The van der Waals surface area contributed by atoms with Crippen molar-refractivity contribution in [1.82, 2.24) is 15.1 Å². The number of nitrogens with two attached hydrogens (primary N) is 1. The second-order valence-electron chi connectivity index (χ2n) is 4.54. The zero-order chi connectivity index (χ0) is 11.0. The molecule has 1 fully saturated rings. The summed E-state index contributed by atoms with van der Waals surface area (Å²) in [6.45, 7) is 3.58. The Hall–Kier alpha value is -1.07. The lowest BCUT2D eigenvalue weighted by molar-refractivity contribution is 0.108. The predicted octanol–water partition coefficient (Wildman–Crippen LogP) is 0.462. The Labute approximate surface area is 94.9 Å². The van der Waals surface area contributed by atoms with Crippen molar-refractivity contribution < 1.29 is 4.74 Å². The summed E-state index contributed by atoms with van der Waals surface area (Å²) in [7, 11) is 0. The van der Waals surface area contributed by atoms with Crippen LogP contribution in [0.5, 0.6) is 0 Å². The Morgan fingerprint density at radius 3 is 3.00 bits per heavy atom. The number of ether oxygens (including phenoxy) is 1. The molecule has 5 heteroatoms. The summed E-state index contributed by atoms with van der Waals surface area (Å²) in [5.41, 5.74) is 8.36. The van der Waals surface area contributed by atoms with Gasteiger partial charge in [-0.2, -0.15) is 5.10 Å². The largest absolute Gasteiger partial charge is 0.382 e. The zero-order valence-corrected chi connectivity index (χ0v) is 9.41. The lowest BCUT2D eigenvalue weighted by atomic mass is 10.1. The molecule has 0 saturated carbocycles. The van der Waals surface area contributed by atoms with E-state index in [4.69, 9.17) is 10.5 Å². The summed E-state index contributed by atoms with van der Waals surface area (Å²) in [4.78, 5) is 0. The van der Waals surface area contributed by atoms with E-state index >= 15 is 0 Å². The second-order valence-corrected chi connectivity index (χ2v) is 4.54. The number of fused-ring (bicyclic) bond motifs is 1. The van der Waals surface area contributed by atoms with Gasteiger partial charge in [-0.15, -0.1) is 0 Å². The third-order valence-corrected chi connectivity index (χ3v) is 3.53. The molecule has 0 spiro atoms. The van der Waals surface area contributed by atoms with Gasteiger partial charge in [-0.25, -0.2) is 0 Å². The molecule has 0 unspecified atom stereocenters. The van der Waals surface area contributed by atoms with Crippen LogP contribution in [-0.2, 0) is 17.8 Å². The number of hydrogen-bond donors (Lipinski definition) is 2. The second kappa shape index (κ2) is 4.07. The van der Waals surface area contributed by atoms with Crippen LogP contribution < -0.4 is 11.1 Å². The Balaban J connectivity index is 1.93. The van der Waals surface area contributed by atoms with Crippen LogP contribution in [-0.4, -0.2) is 29.5 Å². The predicted molar refractivity (Wildman–Crippen MR) is 61.1 cm³/mol. The first-order valence-electron chi connectivity index (χ1n) is 6.00.